The van der Waals surface area contributed by atoms with E-state index in [2.05, 4.69) is 4.85 Å². The van der Waals surface area contributed by atoms with Gasteiger partial charge in [0, 0.05) is 18.7 Å². The van der Waals surface area contributed by atoms with E-state index in [1.54, 1.807) is 17.0 Å². The van der Waals surface area contributed by atoms with Gasteiger partial charge in [-0.1, -0.05) is 0 Å². The zero-order valence-corrected chi connectivity index (χ0v) is 9.40. The molecule has 17 heavy (non-hydrogen) atoms. The van der Waals surface area contributed by atoms with Crippen molar-refractivity contribution in [2.45, 2.75) is 25.3 Å². The molecule has 1 unspecified atom stereocenters. The maximum Gasteiger partial charge on any atom is 0.234 e. The molecule has 4 heteroatoms. The van der Waals surface area contributed by atoms with Crippen LogP contribution in [0.5, 0.6) is 0 Å². The molecule has 2 rings (SSSR count). The summed E-state index contributed by atoms with van der Waals surface area (Å²) in [5.41, 5.74) is 0.710. The van der Waals surface area contributed by atoms with Crippen LogP contribution in [-0.4, -0.2) is 18.5 Å². The zero-order chi connectivity index (χ0) is 12.3. The molecule has 1 amide bonds. The van der Waals surface area contributed by atoms with E-state index in [-0.39, 0.29) is 24.2 Å². The topological polar surface area (TPSA) is 24.7 Å². The van der Waals surface area contributed by atoms with Gasteiger partial charge in [-0.25, -0.2) is 11.0 Å². The highest BCUT2D eigenvalue weighted by Crippen LogP contribution is 2.22. The third-order valence-electron chi connectivity index (χ3n) is 2.95. The van der Waals surface area contributed by atoms with Crippen molar-refractivity contribution in [2.75, 3.05) is 11.4 Å². The Labute approximate surface area is 99.7 Å². The Balaban J connectivity index is 2.18. The lowest BCUT2D eigenvalue weighted by atomic mass is 10.1. The van der Waals surface area contributed by atoms with Crippen LogP contribution in [0.1, 0.15) is 19.3 Å². The second-order valence-electron chi connectivity index (χ2n) is 4.15. The van der Waals surface area contributed by atoms with Crippen LogP contribution in [0.25, 0.3) is 4.85 Å². The van der Waals surface area contributed by atoms with Gasteiger partial charge in [-0.15, -0.1) is 0 Å². The summed E-state index contributed by atoms with van der Waals surface area (Å²) >= 11 is 0. The van der Waals surface area contributed by atoms with Gasteiger partial charge in [0.2, 0.25) is 11.9 Å². The summed E-state index contributed by atoms with van der Waals surface area (Å²) in [6.45, 7) is 7.60. The number of benzene rings is 1. The lowest BCUT2D eigenvalue weighted by Crippen LogP contribution is -2.30. The first-order chi connectivity index (χ1) is 8.20. The average molecular weight is 232 g/mol. The summed E-state index contributed by atoms with van der Waals surface area (Å²) in [6, 6.07) is 5.70. The van der Waals surface area contributed by atoms with Crippen molar-refractivity contribution in [1.29, 1.82) is 0 Å². The highest BCUT2D eigenvalue weighted by atomic mass is 19.1. The third-order valence-corrected chi connectivity index (χ3v) is 2.95. The molecule has 1 aliphatic heterocycles. The van der Waals surface area contributed by atoms with Crippen molar-refractivity contribution in [2.24, 2.45) is 0 Å². The van der Waals surface area contributed by atoms with E-state index in [9.17, 15) is 9.18 Å². The Kier molecular flexibility index (Phi) is 3.38. The zero-order valence-electron chi connectivity index (χ0n) is 9.40. The normalized spacial score (nSPS) is 20.8. The third kappa shape index (κ3) is 2.62. The maximum absolute atomic E-state index is 12.8. The molecular weight excluding hydrogens is 219 g/mol. The quantitative estimate of drug-likeness (QED) is 0.683. The van der Waals surface area contributed by atoms with Crippen molar-refractivity contribution >= 4 is 11.6 Å². The van der Waals surface area contributed by atoms with E-state index in [1.807, 2.05) is 0 Å². The largest absolute Gasteiger partial charge is 0.313 e. The number of anilines is 1. The smallest absolute Gasteiger partial charge is 0.234 e. The fourth-order valence-corrected chi connectivity index (χ4v) is 2.03. The van der Waals surface area contributed by atoms with Crippen molar-refractivity contribution in [3.8, 4) is 0 Å². The molecule has 0 bridgehead atoms. The SMILES string of the molecule is [C-]#[N+]C1CCCN(c2ccc(F)cc2)C(=O)C1. The minimum absolute atomic E-state index is 0.0462. The van der Waals surface area contributed by atoms with Crippen molar-refractivity contribution < 1.29 is 9.18 Å². The van der Waals surface area contributed by atoms with Crippen molar-refractivity contribution in [1.82, 2.24) is 0 Å². The highest BCUT2D eigenvalue weighted by Gasteiger charge is 2.27. The molecule has 1 aliphatic rings. The van der Waals surface area contributed by atoms with Crippen LogP contribution in [0.3, 0.4) is 0 Å². The predicted molar refractivity (Wildman–Crippen MR) is 63.0 cm³/mol. The fourth-order valence-electron chi connectivity index (χ4n) is 2.03. The Morgan fingerprint density at radius 3 is 2.71 bits per heavy atom. The lowest BCUT2D eigenvalue weighted by molar-refractivity contribution is -0.118. The summed E-state index contributed by atoms with van der Waals surface area (Å²) in [6.07, 6.45) is 1.84. The molecule has 0 aliphatic carbocycles. The first kappa shape index (κ1) is 11.6. The van der Waals surface area contributed by atoms with Gasteiger partial charge in [0.15, 0.2) is 0 Å². The first-order valence-corrected chi connectivity index (χ1v) is 5.63. The molecule has 1 heterocycles. The molecular formula is C13H13FN2O. The fraction of sp³-hybridized carbons (Fsp3) is 0.385. The van der Waals surface area contributed by atoms with Crippen molar-refractivity contribution in [3.05, 3.63) is 41.5 Å². The molecule has 0 spiro atoms. The van der Waals surface area contributed by atoms with Gasteiger partial charge in [-0.3, -0.25) is 4.79 Å². The number of carbonyl (C=O) groups is 1. The summed E-state index contributed by atoms with van der Waals surface area (Å²) in [5, 5.41) is 0. The summed E-state index contributed by atoms with van der Waals surface area (Å²) in [7, 11) is 0. The monoisotopic (exact) mass is 232 g/mol. The van der Waals surface area contributed by atoms with E-state index < -0.39 is 0 Å². The van der Waals surface area contributed by atoms with Crippen LogP contribution >= 0.6 is 0 Å². The van der Waals surface area contributed by atoms with Crippen LogP contribution in [0.15, 0.2) is 24.3 Å². The highest BCUT2D eigenvalue weighted by molar-refractivity contribution is 5.94. The molecule has 1 aromatic carbocycles. The molecule has 0 aromatic heterocycles. The number of nitrogens with zero attached hydrogens (tertiary/aromatic N) is 2. The van der Waals surface area contributed by atoms with Crippen LogP contribution < -0.4 is 4.90 Å². The van der Waals surface area contributed by atoms with Crippen molar-refractivity contribution in [3.63, 3.8) is 0 Å². The second-order valence-corrected chi connectivity index (χ2v) is 4.15. The van der Waals surface area contributed by atoms with E-state index in [1.165, 1.54) is 12.1 Å². The Morgan fingerprint density at radius 1 is 1.35 bits per heavy atom. The van der Waals surface area contributed by atoms with Gasteiger partial charge in [0.1, 0.15) is 12.2 Å². The molecule has 88 valence electrons. The summed E-state index contributed by atoms with van der Waals surface area (Å²) in [5.74, 6) is -0.356. The molecule has 1 fully saturated rings. The van der Waals surface area contributed by atoms with Crippen LogP contribution in [0.2, 0.25) is 0 Å². The Morgan fingerprint density at radius 2 is 2.06 bits per heavy atom. The maximum atomic E-state index is 12.8. The molecule has 0 saturated carbocycles. The standard InChI is InChI=1S/C13H13FN2O/c1-15-11-3-2-8-16(13(17)9-11)12-6-4-10(14)5-7-12/h4-7,11H,2-3,8-9H2. The van der Waals surface area contributed by atoms with Gasteiger partial charge in [0.25, 0.3) is 0 Å². The van der Waals surface area contributed by atoms with Crippen LogP contribution in [0, 0.1) is 12.4 Å². The van der Waals surface area contributed by atoms with Crippen LogP contribution in [0.4, 0.5) is 10.1 Å². The minimum Gasteiger partial charge on any atom is -0.313 e. The number of halogens is 1. The van der Waals surface area contributed by atoms with Gasteiger partial charge in [-0.2, -0.15) is 0 Å². The minimum atomic E-state index is -0.310. The number of hydrogen-bond acceptors (Lipinski definition) is 1. The average Bonchev–Trinajstić information content (AvgIpc) is 2.52. The summed E-state index contributed by atoms with van der Waals surface area (Å²) < 4.78 is 12.8. The van der Waals surface area contributed by atoms with Gasteiger partial charge < -0.3 is 9.74 Å². The summed E-state index contributed by atoms with van der Waals surface area (Å²) in [4.78, 5) is 17.0. The number of amides is 1. The lowest BCUT2D eigenvalue weighted by Gasteiger charge is -2.20. The molecule has 3 nitrogen and oxygen atoms in total. The molecule has 1 aromatic rings. The van der Waals surface area contributed by atoms with E-state index in [0.717, 1.165) is 12.8 Å². The molecule has 1 saturated heterocycles. The number of carbonyl (C=O) groups excluding carboxylic acids is 1. The molecule has 0 radical (unpaired) electrons. The first-order valence-electron chi connectivity index (χ1n) is 5.63. The van der Waals surface area contributed by atoms with Gasteiger partial charge >= 0.3 is 0 Å². The second kappa shape index (κ2) is 4.96. The predicted octanol–water partition coefficient (Wildman–Crippen LogP) is 2.63. The Bertz CT molecular complexity index is 449. The number of rotatable bonds is 1. The Hall–Kier alpha value is -1.89. The van der Waals surface area contributed by atoms with E-state index >= 15 is 0 Å². The number of hydrogen-bond donors (Lipinski definition) is 0. The van der Waals surface area contributed by atoms with Gasteiger partial charge in [-0.05, 0) is 30.7 Å². The van der Waals surface area contributed by atoms with E-state index in [4.69, 9.17) is 6.57 Å². The van der Waals surface area contributed by atoms with Gasteiger partial charge in [0.05, 0.1) is 0 Å². The van der Waals surface area contributed by atoms with E-state index in [0.29, 0.717) is 12.2 Å². The molecule has 1 atom stereocenters. The van der Waals surface area contributed by atoms with Crippen LogP contribution in [-0.2, 0) is 4.79 Å². The molecule has 0 N–H and O–H groups in total.